The van der Waals surface area contributed by atoms with E-state index in [0.29, 0.717) is 0 Å². The summed E-state index contributed by atoms with van der Waals surface area (Å²) < 4.78 is 0. The predicted octanol–water partition coefficient (Wildman–Crippen LogP) is 4.35. The van der Waals surface area contributed by atoms with E-state index in [0.717, 1.165) is 25.0 Å². The van der Waals surface area contributed by atoms with E-state index in [9.17, 15) is 4.79 Å². The Morgan fingerprint density at radius 1 is 1.07 bits per heavy atom. The normalized spacial score (nSPS) is 11.3. The molecule has 0 aliphatic rings. The summed E-state index contributed by atoms with van der Waals surface area (Å²) in [5.41, 5.74) is 2.81. The van der Waals surface area contributed by atoms with Gasteiger partial charge in [0.25, 0.3) is 0 Å². The maximum Gasteiger partial charge on any atom is 0.185 e. The maximum absolute atomic E-state index is 10.7. The summed E-state index contributed by atoms with van der Waals surface area (Å²) in [6, 6.07) is 0. The zero-order chi connectivity index (χ0) is 11.7. The third-order valence-electron chi connectivity index (χ3n) is 2.01. The molecule has 0 radical (unpaired) electrons. The van der Waals surface area contributed by atoms with Crippen LogP contribution in [0, 0.1) is 0 Å². The fourth-order valence-electron chi connectivity index (χ4n) is 1.20. The zero-order valence-corrected chi connectivity index (χ0v) is 11.1. The summed E-state index contributed by atoms with van der Waals surface area (Å²) >= 11 is 1.41. The van der Waals surface area contributed by atoms with Gasteiger partial charge in [0.15, 0.2) is 5.12 Å². The molecule has 15 heavy (non-hydrogen) atoms. The highest BCUT2D eigenvalue weighted by atomic mass is 32.2. The number of hydrogen-bond acceptors (Lipinski definition) is 2. The SMILES string of the molecule is CC(=O)SCC/C=C(\C)CCC=C(C)C. The van der Waals surface area contributed by atoms with Crippen LogP contribution in [0.25, 0.3) is 0 Å². The molecule has 0 unspecified atom stereocenters. The van der Waals surface area contributed by atoms with Crippen LogP contribution in [0.5, 0.6) is 0 Å². The van der Waals surface area contributed by atoms with Gasteiger partial charge in [-0.05, 0) is 40.0 Å². The first-order valence-electron chi connectivity index (χ1n) is 5.44. The second-order valence-corrected chi connectivity index (χ2v) is 5.27. The summed E-state index contributed by atoms with van der Waals surface area (Å²) in [5.74, 6) is 0.912. The van der Waals surface area contributed by atoms with Crippen molar-refractivity contribution in [2.24, 2.45) is 0 Å². The monoisotopic (exact) mass is 226 g/mol. The molecule has 0 fully saturated rings. The molecule has 0 atom stereocenters. The molecule has 0 aliphatic carbocycles. The molecular formula is C13H22OS. The highest BCUT2D eigenvalue weighted by Gasteiger charge is 1.93. The van der Waals surface area contributed by atoms with Gasteiger partial charge in [-0.2, -0.15) is 0 Å². The molecule has 0 aromatic rings. The molecule has 2 heteroatoms. The third kappa shape index (κ3) is 11.4. The molecule has 0 aromatic carbocycles. The van der Waals surface area contributed by atoms with Crippen LogP contribution < -0.4 is 0 Å². The average molecular weight is 226 g/mol. The van der Waals surface area contributed by atoms with E-state index in [4.69, 9.17) is 0 Å². The smallest absolute Gasteiger partial charge is 0.185 e. The Bertz CT molecular complexity index is 247. The van der Waals surface area contributed by atoms with Crippen LogP contribution in [-0.2, 0) is 4.79 Å². The molecule has 0 amide bonds. The van der Waals surface area contributed by atoms with Crippen LogP contribution >= 0.6 is 11.8 Å². The first kappa shape index (κ1) is 14.5. The molecule has 86 valence electrons. The van der Waals surface area contributed by atoms with E-state index in [2.05, 4.69) is 32.9 Å². The van der Waals surface area contributed by atoms with Crippen LogP contribution in [0.3, 0.4) is 0 Å². The van der Waals surface area contributed by atoms with Gasteiger partial charge in [-0.15, -0.1) is 0 Å². The van der Waals surface area contributed by atoms with Crippen molar-refractivity contribution in [1.29, 1.82) is 0 Å². The average Bonchev–Trinajstić information content (AvgIpc) is 2.11. The lowest BCUT2D eigenvalue weighted by Crippen LogP contribution is -1.85. The molecule has 0 rings (SSSR count). The van der Waals surface area contributed by atoms with Crippen molar-refractivity contribution in [3.63, 3.8) is 0 Å². The largest absolute Gasteiger partial charge is 0.288 e. The van der Waals surface area contributed by atoms with E-state index < -0.39 is 0 Å². The van der Waals surface area contributed by atoms with Gasteiger partial charge in [0.1, 0.15) is 0 Å². The lowest BCUT2D eigenvalue weighted by molar-refractivity contribution is -0.109. The lowest BCUT2D eigenvalue weighted by Gasteiger charge is -1.99. The van der Waals surface area contributed by atoms with Crippen molar-refractivity contribution in [3.05, 3.63) is 23.3 Å². The van der Waals surface area contributed by atoms with Gasteiger partial charge in [0.05, 0.1) is 0 Å². The maximum atomic E-state index is 10.7. The number of hydrogen-bond donors (Lipinski definition) is 0. The molecule has 0 aliphatic heterocycles. The van der Waals surface area contributed by atoms with Crippen molar-refractivity contribution in [2.75, 3.05) is 5.75 Å². The Hall–Kier alpha value is -0.500. The summed E-state index contributed by atoms with van der Waals surface area (Å²) in [7, 11) is 0. The molecule has 0 N–H and O–H groups in total. The minimum Gasteiger partial charge on any atom is -0.288 e. The Kier molecular flexibility index (Phi) is 8.49. The van der Waals surface area contributed by atoms with Gasteiger partial charge >= 0.3 is 0 Å². The van der Waals surface area contributed by atoms with Gasteiger partial charge in [0, 0.05) is 12.7 Å². The Morgan fingerprint density at radius 2 is 1.73 bits per heavy atom. The van der Waals surface area contributed by atoms with Crippen molar-refractivity contribution < 1.29 is 4.79 Å². The highest BCUT2D eigenvalue weighted by molar-refractivity contribution is 8.13. The summed E-state index contributed by atoms with van der Waals surface area (Å²) in [6.07, 6.45) is 7.78. The van der Waals surface area contributed by atoms with E-state index in [1.54, 1.807) is 6.92 Å². The second-order valence-electron chi connectivity index (χ2n) is 4.00. The first-order chi connectivity index (χ1) is 7.02. The molecule has 0 aromatic heterocycles. The van der Waals surface area contributed by atoms with Crippen LogP contribution in [0.15, 0.2) is 23.3 Å². The lowest BCUT2D eigenvalue weighted by atomic mass is 10.1. The molecule has 0 saturated carbocycles. The van der Waals surface area contributed by atoms with Gasteiger partial charge in [-0.1, -0.05) is 35.1 Å². The number of rotatable bonds is 6. The molecule has 1 nitrogen and oxygen atoms in total. The molecule has 0 heterocycles. The number of carbonyl (C=O) groups excluding carboxylic acids is 1. The summed E-state index contributed by atoms with van der Waals surface area (Å²) in [5, 5.41) is 0.214. The first-order valence-corrected chi connectivity index (χ1v) is 6.43. The highest BCUT2D eigenvalue weighted by Crippen LogP contribution is 2.10. The standard InChI is InChI=1S/C13H22OS/c1-11(2)7-5-8-12(3)9-6-10-15-13(4)14/h7,9H,5-6,8,10H2,1-4H3/b12-9+. The van der Waals surface area contributed by atoms with Crippen LogP contribution in [0.4, 0.5) is 0 Å². The van der Waals surface area contributed by atoms with Crippen molar-refractivity contribution >= 4 is 16.9 Å². The summed E-state index contributed by atoms with van der Waals surface area (Å²) in [6.45, 7) is 8.04. The van der Waals surface area contributed by atoms with Gasteiger partial charge in [-0.25, -0.2) is 0 Å². The minimum atomic E-state index is 0.214. The van der Waals surface area contributed by atoms with Crippen LogP contribution in [0.2, 0.25) is 0 Å². The fourth-order valence-corrected chi connectivity index (χ4v) is 1.72. The predicted molar refractivity (Wildman–Crippen MR) is 70.2 cm³/mol. The number of thioether (sulfide) groups is 1. The molecular weight excluding hydrogens is 204 g/mol. The van der Waals surface area contributed by atoms with Crippen molar-refractivity contribution in [1.82, 2.24) is 0 Å². The second kappa shape index (κ2) is 8.78. The molecule has 0 bridgehead atoms. The van der Waals surface area contributed by atoms with Gasteiger partial charge < -0.3 is 0 Å². The van der Waals surface area contributed by atoms with E-state index >= 15 is 0 Å². The van der Waals surface area contributed by atoms with Crippen LogP contribution in [0.1, 0.15) is 47.0 Å². The topological polar surface area (TPSA) is 17.1 Å². The molecule has 0 spiro atoms. The zero-order valence-electron chi connectivity index (χ0n) is 10.3. The number of allylic oxidation sites excluding steroid dienone is 4. The van der Waals surface area contributed by atoms with Crippen molar-refractivity contribution in [3.8, 4) is 0 Å². The number of carbonyl (C=O) groups is 1. The van der Waals surface area contributed by atoms with E-state index in [1.807, 2.05) is 0 Å². The Labute approximate surface area is 98.0 Å². The minimum absolute atomic E-state index is 0.214. The Balaban J connectivity index is 3.61. The van der Waals surface area contributed by atoms with Gasteiger partial charge in [-0.3, -0.25) is 4.79 Å². The van der Waals surface area contributed by atoms with E-state index in [1.165, 1.54) is 22.9 Å². The van der Waals surface area contributed by atoms with E-state index in [-0.39, 0.29) is 5.12 Å². The summed E-state index contributed by atoms with van der Waals surface area (Å²) in [4.78, 5) is 10.7. The Morgan fingerprint density at radius 3 is 2.27 bits per heavy atom. The van der Waals surface area contributed by atoms with Crippen molar-refractivity contribution in [2.45, 2.75) is 47.0 Å². The molecule has 0 saturated heterocycles. The van der Waals surface area contributed by atoms with Gasteiger partial charge in [0.2, 0.25) is 0 Å². The van der Waals surface area contributed by atoms with Crippen LogP contribution in [-0.4, -0.2) is 10.9 Å². The fraction of sp³-hybridized carbons (Fsp3) is 0.615. The quantitative estimate of drug-likeness (QED) is 0.495. The third-order valence-corrected chi connectivity index (χ3v) is 2.85.